The second kappa shape index (κ2) is 7.02. The molecule has 0 aliphatic rings. The van der Waals surface area contributed by atoms with Crippen LogP contribution in [0.25, 0.3) is 6.08 Å². The molecule has 0 aliphatic heterocycles. The highest BCUT2D eigenvalue weighted by Gasteiger charge is 2.07. The molecule has 0 radical (unpaired) electrons. The smallest absolute Gasteiger partial charge is 0.267 e. The van der Waals surface area contributed by atoms with Crippen LogP contribution in [0.15, 0.2) is 60.7 Å². The van der Waals surface area contributed by atoms with Gasteiger partial charge in [-0.05, 0) is 29.8 Å². The Bertz CT molecular complexity index is 666. The van der Waals surface area contributed by atoms with Crippen LogP contribution in [-0.2, 0) is 4.79 Å². The molecular formula is C16H14N2O3. The summed E-state index contributed by atoms with van der Waals surface area (Å²) in [7, 11) is 0. The van der Waals surface area contributed by atoms with Gasteiger partial charge in [0.1, 0.15) is 0 Å². The van der Waals surface area contributed by atoms with Crippen LogP contribution < -0.4 is 10.8 Å². The first-order valence-electron chi connectivity index (χ1n) is 6.28. The van der Waals surface area contributed by atoms with Gasteiger partial charge in [0.15, 0.2) is 0 Å². The Hall–Kier alpha value is -2.92. The molecule has 0 atom stereocenters. The molecule has 5 nitrogen and oxygen atoms in total. The highest BCUT2D eigenvalue weighted by atomic mass is 16.5. The Kier molecular flexibility index (Phi) is 4.84. The molecule has 2 aromatic rings. The standard InChI is InChI=1S/C16H14N2O3/c19-15(18-21)11-10-12-6-4-5-9-14(12)17-16(20)13-7-2-1-3-8-13/h1-11,21H,(H,17,20)(H,18,19)/b11-10+. The predicted octanol–water partition coefficient (Wildman–Crippen LogP) is 2.46. The van der Waals surface area contributed by atoms with Crippen molar-refractivity contribution in [3.8, 4) is 0 Å². The van der Waals surface area contributed by atoms with Crippen LogP contribution in [0.1, 0.15) is 15.9 Å². The molecule has 0 fully saturated rings. The van der Waals surface area contributed by atoms with E-state index in [1.165, 1.54) is 17.6 Å². The van der Waals surface area contributed by atoms with Gasteiger partial charge in [0.25, 0.3) is 11.8 Å². The van der Waals surface area contributed by atoms with Crippen LogP contribution >= 0.6 is 0 Å². The van der Waals surface area contributed by atoms with Gasteiger partial charge in [-0.25, -0.2) is 5.48 Å². The second-order valence-corrected chi connectivity index (χ2v) is 4.22. The lowest BCUT2D eigenvalue weighted by atomic mass is 10.1. The zero-order valence-electron chi connectivity index (χ0n) is 11.1. The number of hydrogen-bond donors (Lipinski definition) is 3. The number of rotatable bonds is 4. The van der Waals surface area contributed by atoms with E-state index in [1.807, 2.05) is 6.07 Å². The Morgan fingerprint density at radius 2 is 1.62 bits per heavy atom. The quantitative estimate of drug-likeness (QED) is 0.458. The highest BCUT2D eigenvalue weighted by molar-refractivity contribution is 6.05. The fraction of sp³-hybridized carbons (Fsp3) is 0. The van der Waals surface area contributed by atoms with Crippen molar-refractivity contribution < 1.29 is 14.8 Å². The van der Waals surface area contributed by atoms with Crippen LogP contribution in [-0.4, -0.2) is 17.0 Å². The summed E-state index contributed by atoms with van der Waals surface area (Å²) < 4.78 is 0. The van der Waals surface area contributed by atoms with Crippen LogP contribution in [0.3, 0.4) is 0 Å². The predicted molar refractivity (Wildman–Crippen MR) is 79.8 cm³/mol. The van der Waals surface area contributed by atoms with E-state index in [1.54, 1.807) is 48.5 Å². The summed E-state index contributed by atoms with van der Waals surface area (Å²) >= 11 is 0. The number of hydrogen-bond acceptors (Lipinski definition) is 3. The van der Waals surface area contributed by atoms with Crippen molar-refractivity contribution >= 4 is 23.6 Å². The maximum absolute atomic E-state index is 12.1. The van der Waals surface area contributed by atoms with Gasteiger partial charge < -0.3 is 5.32 Å². The lowest BCUT2D eigenvalue weighted by Gasteiger charge is -2.08. The van der Waals surface area contributed by atoms with E-state index in [0.717, 1.165) is 0 Å². The Morgan fingerprint density at radius 3 is 2.33 bits per heavy atom. The van der Waals surface area contributed by atoms with Crippen LogP contribution in [0, 0.1) is 0 Å². The van der Waals surface area contributed by atoms with Crippen molar-refractivity contribution in [1.82, 2.24) is 5.48 Å². The normalized spacial score (nSPS) is 10.3. The fourth-order valence-corrected chi connectivity index (χ4v) is 1.74. The Labute approximate surface area is 121 Å². The second-order valence-electron chi connectivity index (χ2n) is 4.22. The summed E-state index contributed by atoms with van der Waals surface area (Å²) in [5.41, 5.74) is 3.29. The molecular weight excluding hydrogens is 268 g/mol. The Morgan fingerprint density at radius 1 is 0.952 bits per heavy atom. The molecule has 5 heteroatoms. The molecule has 2 amide bonds. The molecule has 0 spiro atoms. The summed E-state index contributed by atoms with van der Waals surface area (Å²) in [6.45, 7) is 0. The summed E-state index contributed by atoms with van der Waals surface area (Å²) in [6.07, 6.45) is 2.68. The SMILES string of the molecule is O=C(/C=C/c1ccccc1NC(=O)c1ccccc1)NO. The largest absolute Gasteiger partial charge is 0.321 e. The average Bonchev–Trinajstić information content (AvgIpc) is 2.54. The van der Waals surface area contributed by atoms with Gasteiger partial charge >= 0.3 is 0 Å². The van der Waals surface area contributed by atoms with Crippen molar-refractivity contribution in [2.75, 3.05) is 5.32 Å². The van der Waals surface area contributed by atoms with Crippen molar-refractivity contribution in [3.63, 3.8) is 0 Å². The van der Waals surface area contributed by atoms with E-state index >= 15 is 0 Å². The van der Waals surface area contributed by atoms with Gasteiger partial charge in [0, 0.05) is 17.3 Å². The van der Waals surface area contributed by atoms with E-state index in [4.69, 9.17) is 5.21 Å². The first-order valence-corrected chi connectivity index (χ1v) is 6.28. The number of carbonyl (C=O) groups excluding carboxylic acids is 2. The summed E-state index contributed by atoms with van der Waals surface area (Å²) in [6, 6.07) is 15.9. The lowest BCUT2D eigenvalue weighted by molar-refractivity contribution is -0.124. The Balaban J connectivity index is 2.19. The third-order valence-electron chi connectivity index (χ3n) is 2.77. The van der Waals surface area contributed by atoms with Crippen molar-refractivity contribution in [2.24, 2.45) is 0 Å². The van der Waals surface area contributed by atoms with Crippen LogP contribution in [0.5, 0.6) is 0 Å². The molecule has 0 heterocycles. The molecule has 0 unspecified atom stereocenters. The van der Waals surface area contributed by atoms with Gasteiger partial charge in [0.05, 0.1) is 0 Å². The van der Waals surface area contributed by atoms with Gasteiger partial charge in [-0.2, -0.15) is 0 Å². The van der Waals surface area contributed by atoms with Crippen molar-refractivity contribution in [2.45, 2.75) is 0 Å². The summed E-state index contributed by atoms with van der Waals surface area (Å²) in [5, 5.41) is 11.2. The molecule has 2 rings (SSSR count). The van der Waals surface area contributed by atoms with Crippen LogP contribution in [0.2, 0.25) is 0 Å². The van der Waals surface area contributed by atoms with E-state index in [9.17, 15) is 9.59 Å². The minimum absolute atomic E-state index is 0.233. The van der Waals surface area contributed by atoms with E-state index < -0.39 is 5.91 Å². The molecule has 0 saturated carbocycles. The van der Waals surface area contributed by atoms with Crippen molar-refractivity contribution in [3.05, 3.63) is 71.8 Å². The molecule has 0 aromatic heterocycles. The molecule has 21 heavy (non-hydrogen) atoms. The van der Waals surface area contributed by atoms with E-state index in [-0.39, 0.29) is 5.91 Å². The third kappa shape index (κ3) is 4.02. The zero-order chi connectivity index (χ0) is 15.1. The first-order chi connectivity index (χ1) is 10.2. The summed E-state index contributed by atoms with van der Waals surface area (Å²) in [4.78, 5) is 23.1. The molecule has 3 N–H and O–H groups in total. The number of hydroxylamine groups is 1. The van der Waals surface area contributed by atoms with E-state index in [2.05, 4.69) is 5.32 Å². The number of anilines is 1. The summed E-state index contributed by atoms with van der Waals surface area (Å²) in [5.74, 6) is -0.873. The van der Waals surface area contributed by atoms with Crippen molar-refractivity contribution in [1.29, 1.82) is 0 Å². The molecule has 106 valence electrons. The highest BCUT2D eigenvalue weighted by Crippen LogP contribution is 2.17. The van der Waals surface area contributed by atoms with E-state index in [0.29, 0.717) is 16.8 Å². The number of nitrogens with one attached hydrogen (secondary N) is 2. The first kappa shape index (κ1) is 14.5. The number of para-hydroxylation sites is 1. The number of benzene rings is 2. The van der Waals surface area contributed by atoms with Gasteiger partial charge in [0.2, 0.25) is 0 Å². The maximum atomic E-state index is 12.1. The molecule has 0 saturated heterocycles. The topological polar surface area (TPSA) is 78.4 Å². The molecule has 0 aliphatic carbocycles. The number of amides is 2. The third-order valence-corrected chi connectivity index (χ3v) is 2.77. The molecule has 2 aromatic carbocycles. The fourth-order valence-electron chi connectivity index (χ4n) is 1.74. The van der Waals surface area contributed by atoms with Gasteiger partial charge in [-0.1, -0.05) is 36.4 Å². The average molecular weight is 282 g/mol. The van der Waals surface area contributed by atoms with Gasteiger partial charge in [-0.15, -0.1) is 0 Å². The minimum atomic E-state index is -0.640. The maximum Gasteiger partial charge on any atom is 0.267 e. The van der Waals surface area contributed by atoms with Crippen LogP contribution in [0.4, 0.5) is 5.69 Å². The number of carbonyl (C=O) groups is 2. The zero-order valence-corrected chi connectivity index (χ0v) is 11.1. The minimum Gasteiger partial charge on any atom is -0.321 e. The lowest BCUT2D eigenvalue weighted by Crippen LogP contribution is -2.15. The van der Waals surface area contributed by atoms with Gasteiger partial charge in [-0.3, -0.25) is 14.8 Å². The monoisotopic (exact) mass is 282 g/mol. The molecule has 0 bridgehead atoms.